The number of halogens is 1. The Morgan fingerprint density at radius 2 is 1.79 bits per heavy atom. The predicted octanol–water partition coefficient (Wildman–Crippen LogP) is 4.61. The topological polar surface area (TPSA) is 40.5 Å². The zero-order valence-corrected chi connectivity index (χ0v) is 16.2. The summed E-state index contributed by atoms with van der Waals surface area (Å²) in [7, 11) is 0. The van der Waals surface area contributed by atoms with Gasteiger partial charge in [0.05, 0.1) is 11.5 Å². The van der Waals surface area contributed by atoms with E-state index in [0.717, 1.165) is 30.6 Å². The first-order valence-corrected chi connectivity index (χ1v) is 10.8. The third-order valence-corrected chi connectivity index (χ3v) is 9.81. The van der Waals surface area contributed by atoms with Gasteiger partial charge in [-0.1, -0.05) is 20.3 Å². The van der Waals surface area contributed by atoms with Gasteiger partial charge in [-0.05, 0) is 85.9 Å². The minimum atomic E-state index is -0.857. The van der Waals surface area contributed by atoms with E-state index in [0.29, 0.717) is 16.7 Å². The third kappa shape index (κ3) is 2.35. The Hall–Kier alpha value is 0.210. The van der Waals surface area contributed by atoms with E-state index >= 15 is 0 Å². The van der Waals surface area contributed by atoms with Crippen LogP contribution < -0.4 is 0 Å². The van der Waals surface area contributed by atoms with Gasteiger partial charge in [0.2, 0.25) is 0 Å². The zero-order valence-electron chi connectivity index (χ0n) is 15.4. The summed E-state index contributed by atoms with van der Waals surface area (Å²) < 4.78 is 0. The van der Waals surface area contributed by atoms with Crippen molar-refractivity contribution in [2.75, 3.05) is 12.5 Å². The van der Waals surface area contributed by atoms with Crippen LogP contribution in [0.1, 0.15) is 71.6 Å². The molecule has 0 radical (unpaired) electrons. The Bertz CT molecular complexity index is 496. The zero-order chi connectivity index (χ0) is 17.2. The minimum Gasteiger partial charge on any atom is -0.396 e. The molecule has 4 aliphatic rings. The normalized spacial score (nSPS) is 57.1. The van der Waals surface area contributed by atoms with Crippen molar-refractivity contribution in [1.82, 2.24) is 0 Å². The van der Waals surface area contributed by atoms with Crippen LogP contribution in [-0.4, -0.2) is 28.3 Å². The van der Waals surface area contributed by atoms with Gasteiger partial charge in [-0.3, -0.25) is 0 Å². The monoisotopic (exact) mass is 354 g/mol. The van der Waals surface area contributed by atoms with Crippen molar-refractivity contribution < 1.29 is 10.2 Å². The summed E-state index contributed by atoms with van der Waals surface area (Å²) in [5, 5.41) is 20.9. The number of aliphatic hydroxyl groups excluding tert-OH is 1. The van der Waals surface area contributed by atoms with Gasteiger partial charge in [-0.25, -0.2) is 0 Å². The van der Waals surface area contributed by atoms with E-state index in [4.69, 9.17) is 11.6 Å². The molecule has 0 saturated heterocycles. The number of hydrogen-bond acceptors (Lipinski definition) is 2. The van der Waals surface area contributed by atoms with Crippen LogP contribution in [0, 0.1) is 40.4 Å². The molecule has 0 amide bonds. The Morgan fingerprint density at radius 1 is 1.00 bits per heavy atom. The second-order valence-corrected chi connectivity index (χ2v) is 10.5. The highest BCUT2D eigenvalue weighted by molar-refractivity contribution is 6.18. The number of hydrogen-bond donors (Lipinski definition) is 2. The average molecular weight is 355 g/mol. The molecule has 24 heavy (non-hydrogen) atoms. The summed E-state index contributed by atoms with van der Waals surface area (Å²) in [6.07, 6.45) is 11.4. The maximum atomic E-state index is 11.0. The van der Waals surface area contributed by atoms with Crippen LogP contribution in [0.25, 0.3) is 0 Å². The molecule has 0 aromatic heterocycles. The van der Waals surface area contributed by atoms with E-state index in [-0.39, 0.29) is 18.4 Å². The summed E-state index contributed by atoms with van der Waals surface area (Å²) in [6, 6.07) is 0. The number of alkyl halides is 1. The Labute approximate surface area is 152 Å². The summed E-state index contributed by atoms with van der Waals surface area (Å²) >= 11 is 6.14. The summed E-state index contributed by atoms with van der Waals surface area (Å²) in [5.41, 5.74) is 0.0364. The quantitative estimate of drug-likeness (QED) is 0.711. The minimum absolute atomic E-state index is 0.0492. The lowest BCUT2D eigenvalue weighted by atomic mass is 9.43. The standard InChI is InChI=1S/C21H35ClO2/c1-19-8-3-4-17(19)16-6-5-14-11-21(24,13-22)15(12-23)10-20(14,2)18(16)7-9-19/h14-18,23-24H,3-13H2,1-2H3/t14?,15?,16-,17-,18+,19-,20-,21?/m0/s1. The molecule has 3 unspecified atom stereocenters. The van der Waals surface area contributed by atoms with Gasteiger partial charge in [0, 0.05) is 12.5 Å². The molecular weight excluding hydrogens is 320 g/mol. The van der Waals surface area contributed by atoms with Crippen LogP contribution in [0.15, 0.2) is 0 Å². The van der Waals surface area contributed by atoms with Crippen molar-refractivity contribution in [2.45, 2.75) is 77.2 Å². The number of fused-ring (bicyclic) bond motifs is 5. The molecule has 0 aromatic carbocycles. The second-order valence-electron chi connectivity index (χ2n) is 10.3. The van der Waals surface area contributed by atoms with Crippen molar-refractivity contribution in [3.63, 3.8) is 0 Å². The highest BCUT2D eigenvalue weighted by Crippen LogP contribution is 2.67. The maximum absolute atomic E-state index is 11.0. The van der Waals surface area contributed by atoms with Crippen molar-refractivity contribution in [3.05, 3.63) is 0 Å². The molecule has 2 nitrogen and oxygen atoms in total. The summed E-state index contributed by atoms with van der Waals surface area (Å²) in [4.78, 5) is 0. The fourth-order valence-electron chi connectivity index (χ4n) is 7.89. The van der Waals surface area contributed by atoms with E-state index in [1.165, 1.54) is 44.9 Å². The van der Waals surface area contributed by atoms with E-state index in [9.17, 15) is 10.2 Å². The molecular formula is C21H35ClO2. The van der Waals surface area contributed by atoms with E-state index in [1.807, 2.05) is 0 Å². The van der Waals surface area contributed by atoms with Crippen molar-refractivity contribution in [1.29, 1.82) is 0 Å². The first kappa shape index (κ1) is 17.6. The number of aliphatic hydroxyl groups is 2. The van der Waals surface area contributed by atoms with E-state index < -0.39 is 5.60 Å². The molecule has 4 aliphatic carbocycles. The van der Waals surface area contributed by atoms with Crippen molar-refractivity contribution >= 4 is 11.6 Å². The maximum Gasteiger partial charge on any atom is 0.0835 e. The fourth-order valence-corrected chi connectivity index (χ4v) is 8.22. The molecule has 4 fully saturated rings. The lowest BCUT2D eigenvalue weighted by Crippen LogP contribution is -2.59. The molecule has 0 heterocycles. The lowest BCUT2D eigenvalue weighted by molar-refractivity contribution is -0.172. The Balaban J connectivity index is 1.63. The van der Waals surface area contributed by atoms with E-state index in [1.54, 1.807) is 0 Å². The van der Waals surface area contributed by atoms with Crippen LogP contribution >= 0.6 is 11.6 Å². The molecule has 0 aromatic rings. The Kier molecular flexibility index (Phi) is 4.30. The van der Waals surface area contributed by atoms with Gasteiger partial charge in [0.15, 0.2) is 0 Å². The third-order valence-electron chi connectivity index (χ3n) is 9.34. The Morgan fingerprint density at radius 3 is 2.50 bits per heavy atom. The number of rotatable bonds is 2. The van der Waals surface area contributed by atoms with Crippen LogP contribution in [-0.2, 0) is 0 Å². The SMILES string of the molecule is C[C@@]12CCC[C@H]1[C@@H]1CCC3CC(O)(CCl)C(CO)C[C@]3(C)[C@@H]1CC2. The van der Waals surface area contributed by atoms with Gasteiger partial charge in [0.25, 0.3) is 0 Å². The molecule has 3 heteroatoms. The fraction of sp³-hybridized carbons (Fsp3) is 1.00. The van der Waals surface area contributed by atoms with Crippen LogP contribution in [0.4, 0.5) is 0 Å². The van der Waals surface area contributed by atoms with Crippen LogP contribution in [0.5, 0.6) is 0 Å². The second kappa shape index (κ2) is 5.86. The lowest BCUT2D eigenvalue weighted by Gasteiger charge is -2.63. The predicted molar refractivity (Wildman–Crippen MR) is 98.0 cm³/mol. The highest BCUT2D eigenvalue weighted by Gasteiger charge is 2.61. The molecule has 8 atom stereocenters. The van der Waals surface area contributed by atoms with Gasteiger partial charge in [-0.15, -0.1) is 11.6 Å². The molecule has 138 valence electrons. The summed E-state index contributed by atoms with van der Waals surface area (Å²) in [5.74, 6) is 3.40. The average Bonchev–Trinajstić information content (AvgIpc) is 2.96. The highest BCUT2D eigenvalue weighted by atomic mass is 35.5. The van der Waals surface area contributed by atoms with Crippen LogP contribution in [0.2, 0.25) is 0 Å². The molecule has 0 bridgehead atoms. The molecule has 4 rings (SSSR count). The first-order chi connectivity index (χ1) is 11.4. The summed E-state index contributed by atoms with van der Waals surface area (Å²) in [6.45, 7) is 5.12. The van der Waals surface area contributed by atoms with Gasteiger partial charge >= 0.3 is 0 Å². The molecule has 0 aliphatic heterocycles. The van der Waals surface area contributed by atoms with Gasteiger partial charge in [-0.2, -0.15) is 0 Å². The molecule has 2 N–H and O–H groups in total. The molecule has 0 spiro atoms. The first-order valence-electron chi connectivity index (χ1n) is 10.3. The largest absolute Gasteiger partial charge is 0.396 e. The van der Waals surface area contributed by atoms with Crippen LogP contribution in [0.3, 0.4) is 0 Å². The smallest absolute Gasteiger partial charge is 0.0835 e. The van der Waals surface area contributed by atoms with Gasteiger partial charge < -0.3 is 10.2 Å². The van der Waals surface area contributed by atoms with Crippen molar-refractivity contribution in [3.8, 4) is 0 Å². The van der Waals surface area contributed by atoms with Crippen molar-refractivity contribution in [2.24, 2.45) is 40.4 Å². The van der Waals surface area contributed by atoms with E-state index in [2.05, 4.69) is 13.8 Å². The molecule has 4 saturated carbocycles. The van der Waals surface area contributed by atoms with Gasteiger partial charge in [0.1, 0.15) is 0 Å².